The summed E-state index contributed by atoms with van der Waals surface area (Å²) in [5.41, 5.74) is 3.41. The average molecular weight is 292 g/mol. The Morgan fingerprint density at radius 3 is 1.83 bits per heavy atom. The van der Waals surface area contributed by atoms with E-state index in [4.69, 9.17) is 0 Å². The molecule has 0 saturated carbocycles. The van der Waals surface area contributed by atoms with E-state index in [1.54, 1.807) is 0 Å². The van der Waals surface area contributed by atoms with Gasteiger partial charge in [0.05, 0.1) is 0 Å². The topological polar surface area (TPSA) is 0 Å². The van der Waals surface area contributed by atoms with Gasteiger partial charge >= 0.3 is 0 Å². The van der Waals surface area contributed by atoms with Gasteiger partial charge in [-0.25, -0.2) is 0 Å². The molecule has 4 rings (SSSR count). The summed E-state index contributed by atoms with van der Waals surface area (Å²) in [7, 11) is 0. The van der Waals surface area contributed by atoms with E-state index in [2.05, 4.69) is 85.5 Å². The monoisotopic (exact) mass is 292 g/mol. The molecule has 0 bridgehead atoms. The molecule has 4 aromatic rings. The molecule has 0 aliphatic heterocycles. The highest BCUT2D eigenvalue weighted by Crippen LogP contribution is 2.27. The molecule has 0 radical (unpaired) electrons. The first-order valence-electron chi connectivity index (χ1n) is 7.81. The van der Waals surface area contributed by atoms with Crippen LogP contribution in [-0.2, 0) is 0 Å². The predicted octanol–water partition coefficient (Wildman–Crippen LogP) is 5.70. The van der Waals surface area contributed by atoms with Crippen LogP contribution in [-0.4, -0.2) is 0 Å². The first kappa shape index (κ1) is 13.6. The fourth-order valence-corrected chi connectivity index (χ4v) is 2.99. The fourth-order valence-electron chi connectivity index (χ4n) is 2.99. The number of hydrogen-bond acceptors (Lipinski definition) is 0. The van der Waals surface area contributed by atoms with Crippen LogP contribution >= 0.6 is 0 Å². The largest absolute Gasteiger partial charge is 0.0619 e. The van der Waals surface area contributed by atoms with Crippen molar-refractivity contribution in [1.82, 2.24) is 0 Å². The van der Waals surface area contributed by atoms with Crippen LogP contribution in [0.1, 0.15) is 16.7 Å². The van der Waals surface area contributed by atoms with Crippen LogP contribution in [0.3, 0.4) is 0 Å². The Kier molecular flexibility index (Phi) is 3.33. The van der Waals surface area contributed by atoms with E-state index in [1.807, 2.05) is 12.1 Å². The second-order valence-corrected chi connectivity index (χ2v) is 5.76. The van der Waals surface area contributed by atoms with Crippen molar-refractivity contribution >= 4 is 21.5 Å². The van der Waals surface area contributed by atoms with Crippen molar-refractivity contribution in [3.63, 3.8) is 0 Å². The zero-order valence-electron chi connectivity index (χ0n) is 13.0. The smallest absolute Gasteiger partial charge is 0.0405 e. The molecule has 0 atom stereocenters. The van der Waals surface area contributed by atoms with Crippen LogP contribution < -0.4 is 0 Å². The van der Waals surface area contributed by atoms with E-state index in [0.29, 0.717) is 0 Å². The SMILES string of the molecule is Cc1ccccc1C#Cc1c2ccccc2cc2ccccc12. The lowest BCUT2D eigenvalue weighted by molar-refractivity contribution is 1.44. The van der Waals surface area contributed by atoms with Gasteiger partial charge in [0.2, 0.25) is 0 Å². The number of aryl methyl sites for hydroxylation is 1. The highest BCUT2D eigenvalue weighted by Gasteiger charge is 2.05. The molecule has 0 unspecified atom stereocenters. The van der Waals surface area contributed by atoms with Crippen LogP contribution in [0.5, 0.6) is 0 Å². The van der Waals surface area contributed by atoms with Gasteiger partial charge in [-0.15, -0.1) is 0 Å². The maximum Gasteiger partial charge on any atom is 0.0405 e. The van der Waals surface area contributed by atoms with Gasteiger partial charge in [-0.05, 0) is 46.2 Å². The molecule has 0 nitrogen and oxygen atoms in total. The summed E-state index contributed by atoms with van der Waals surface area (Å²) >= 11 is 0. The van der Waals surface area contributed by atoms with Crippen LogP contribution in [0.25, 0.3) is 21.5 Å². The van der Waals surface area contributed by atoms with Crippen molar-refractivity contribution < 1.29 is 0 Å². The minimum Gasteiger partial charge on any atom is -0.0619 e. The summed E-state index contributed by atoms with van der Waals surface area (Å²) < 4.78 is 0. The van der Waals surface area contributed by atoms with Gasteiger partial charge in [-0.1, -0.05) is 78.6 Å². The van der Waals surface area contributed by atoms with Gasteiger partial charge < -0.3 is 0 Å². The van der Waals surface area contributed by atoms with Gasteiger partial charge in [0.15, 0.2) is 0 Å². The average Bonchev–Trinajstić information content (AvgIpc) is 2.60. The maximum atomic E-state index is 3.44. The Hall–Kier alpha value is -3.04. The van der Waals surface area contributed by atoms with Crippen LogP contribution in [0.2, 0.25) is 0 Å². The molecule has 0 aliphatic carbocycles. The van der Waals surface area contributed by atoms with Crippen LogP contribution in [0.4, 0.5) is 0 Å². The summed E-state index contributed by atoms with van der Waals surface area (Å²) in [6.45, 7) is 2.10. The Labute approximate surface area is 136 Å². The van der Waals surface area contributed by atoms with Crippen molar-refractivity contribution in [2.45, 2.75) is 6.92 Å². The van der Waals surface area contributed by atoms with Gasteiger partial charge in [-0.3, -0.25) is 0 Å². The lowest BCUT2D eigenvalue weighted by Crippen LogP contribution is -1.85. The minimum absolute atomic E-state index is 1.09. The molecule has 0 amide bonds. The molecule has 0 spiro atoms. The molecular weight excluding hydrogens is 276 g/mol. The second-order valence-electron chi connectivity index (χ2n) is 5.76. The molecule has 4 aromatic carbocycles. The van der Waals surface area contributed by atoms with Crippen LogP contribution in [0.15, 0.2) is 78.9 Å². The third-order valence-corrected chi connectivity index (χ3v) is 4.24. The summed E-state index contributed by atoms with van der Waals surface area (Å²) in [4.78, 5) is 0. The highest BCUT2D eigenvalue weighted by molar-refractivity contribution is 6.04. The third-order valence-electron chi connectivity index (χ3n) is 4.24. The van der Waals surface area contributed by atoms with Gasteiger partial charge in [-0.2, -0.15) is 0 Å². The fraction of sp³-hybridized carbons (Fsp3) is 0.0435. The van der Waals surface area contributed by atoms with E-state index in [-0.39, 0.29) is 0 Å². The molecule has 0 saturated heterocycles. The quantitative estimate of drug-likeness (QED) is 0.288. The van der Waals surface area contributed by atoms with Gasteiger partial charge in [0, 0.05) is 11.1 Å². The molecule has 0 aliphatic rings. The first-order chi connectivity index (χ1) is 11.3. The predicted molar refractivity (Wildman–Crippen MR) is 98.6 cm³/mol. The Morgan fingerprint density at radius 1 is 0.609 bits per heavy atom. The van der Waals surface area contributed by atoms with E-state index >= 15 is 0 Å². The summed E-state index contributed by atoms with van der Waals surface area (Å²) in [5, 5.41) is 4.90. The minimum atomic E-state index is 1.09. The van der Waals surface area contributed by atoms with Gasteiger partial charge in [0.25, 0.3) is 0 Å². The number of hydrogen-bond donors (Lipinski definition) is 0. The molecule has 0 fully saturated rings. The standard InChI is InChI=1S/C23H16/c1-17-8-2-3-9-18(17)14-15-23-21-12-6-4-10-19(21)16-20-11-5-7-13-22(20)23/h2-13,16H,1H3. The zero-order valence-corrected chi connectivity index (χ0v) is 13.0. The maximum absolute atomic E-state index is 3.44. The van der Waals surface area contributed by atoms with Crippen molar-refractivity contribution in [3.8, 4) is 11.8 Å². The van der Waals surface area contributed by atoms with Crippen molar-refractivity contribution in [2.75, 3.05) is 0 Å². The highest BCUT2D eigenvalue weighted by atomic mass is 14.1. The van der Waals surface area contributed by atoms with E-state index in [9.17, 15) is 0 Å². The first-order valence-corrected chi connectivity index (χ1v) is 7.81. The van der Waals surface area contributed by atoms with E-state index in [0.717, 1.165) is 11.1 Å². The van der Waals surface area contributed by atoms with E-state index < -0.39 is 0 Å². The molecule has 0 heteroatoms. The molecule has 0 aromatic heterocycles. The summed E-state index contributed by atoms with van der Waals surface area (Å²) in [6.07, 6.45) is 0. The zero-order chi connectivity index (χ0) is 15.6. The molecular formula is C23H16. The molecule has 108 valence electrons. The van der Waals surface area contributed by atoms with E-state index in [1.165, 1.54) is 27.1 Å². The summed E-state index contributed by atoms with van der Waals surface area (Å²) in [5.74, 6) is 6.80. The second kappa shape index (κ2) is 5.63. The van der Waals surface area contributed by atoms with Crippen molar-refractivity contribution in [2.24, 2.45) is 0 Å². The number of benzene rings is 4. The van der Waals surface area contributed by atoms with Crippen LogP contribution in [0, 0.1) is 18.8 Å². The number of fused-ring (bicyclic) bond motifs is 2. The van der Waals surface area contributed by atoms with Crippen molar-refractivity contribution in [3.05, 3.63) is 95.6 Å². The number of rotatable bonds is 0. The molecule has 0 heterocycles. The summed E-state index contributed by atoms with van der Waals surface area (Å²) in [6, 6.07) is 27.4. The Bertz CT molecular complexity index is 1020. The molecule has 23 heavy (non-hydrogen) atoms. The third kappa shape index (κ3) is 2.47. The Balaban J connectivity index is 2.03. The normalized spacial score (nSPS) is 10.5. The Morgan fingerprint density at radius 2 is 1.17 bits per heavy atom. The molecule has 0 N–H and O–H groups in total. The lowest BCUT2D eigenvalue weighted by atomic mass is 9.96. The van der Waals surface area contributed by atoms with Gasteiger partial charge in [0.1, 0.15) is 0 Å². The van der Waals surface area contributed by atoms with Crippen molar-refractivity contribution in [1.29, 1.82) is 0 Å². The lowest BCUT2D eigenvalue weighted by Gasteiger charge is -2.06.